The van der Waals surface area contributed by atoms with Gasteiger partial charge in [-0.05, 0) is 67.9 Å². The number of hydrogen-bond donors (Lipinski definition) is 0. The summed E-state index contributed by atoms with van der Waals surface area (Å²) in [5.74, 6) is 0. The Labute approximate surface area is 144 Å². The van der Waals surface area contributed by atoms with Gasteiger partial charge in [-0.3, -0.25) is 14.9 Å². The molecule has 1 amide bonds. The van der Waals surface area contributed by atoms with E-state index in [2.05, 4.69) is 25.9 Å². The monoisotopic (exact) mass is 377 g/mol. The molecular weight excluding hydrogens is 358 g/mol. The van der Waals surface area contributed by atoms with Gasteiger partial charge in [0.25, 0.3) is 0 Å². The van der Waals surface area contributed by atoms with Crippen LogP contribution in [0.2, 0.25) is 0 Å². The fourth-order valence-electron chi connectivity index (χ4n) is 1.94. The lowest BCUT2D eigenvalue weighted by atomic mass is 10.2. The fourth-order valence-corrected chi connectivity index (χ4v) is 2.17. The molecule has 0 bridgehead atoms. The SMILES string of the molecule is Cc1cc(N(Cc2ccc(Br)cn2)C(=O)OC(C)(C)C)ccn1. The van der Waals surface area contributed by atoms with Crippen LogP contribution in [0.5, 0.6) is 0 Å². The summed E-state index contributed by atoms with van der Waals surface area (Å²) in [6.45, 7) is 7.75. The van der Waals surface area contributed by atoms with Gasteiger partial charge in [0.1, 0.15) is 5.60 Å². The third kappa shape index (κ3) is 5.32. The van der Waals surface area contributed by atoms with Crippen LogP contribution in [0.1, 0.15) is 32.2 Å². The first-order valence-electron chi connectivity index (χ1n) is 7.28. The summed E-state index contributed by atoms with van der Waals surface area (Å²) < 4.78 is 6.41. The Hall–Kier alpha value is -1.95. The van der Waals surface area contributed by atoms with Gasteiger partial charge in [0.2, 0.25) is 0 Å². The molecule has 0 aliphatic rings. The van der Waals surface area contributed by atoms with Crippen LogP contribution < -0.4 is 4.90 Å². The van der Waals surface area contributed by atoms with E-state index in [9.17, 15) is 4.79 Å². The van der Waals surface area contributed by atoms with Crippen molar-refractivity contribution in [1.29, 1.82) is 0 Å². The number of ether oxygens (including phenoxy) is 1. The standard InChI is InChI=1S/C17H20BrN3O2/c1-12-9-15(7-8-19-12)21(16(22)23-17(2,3)4)11-14-6-5-13(18)10-20-14/h5-10H,11H2,1-4H3. The highest BCUT2D eigenvalue weighted by atomic mass is 79.9. The number of amides is 1. The van der Waals surface area contributed by atoms with Crippen molar-refractivity contribution in [2.24, 2.45) is 0 Å². The average Bonchev–Trinajstić information content (AvgIpc) is 2.44. The third-order valence-electron chi connectivity index (χ3n) is 2.91. The van der Waals surface area contributed by atoms with Crippen LogP contribution in [0, 0.1) is 6.92 Å². The van der Waals surface area contributed by atoms with Crippen LogP contribution in [0.3, 0.4) is 0 Å². The molecule has 0 aliphatic heterocycles. The van der Waals surface area contributed by atoms with Crippen molar-refractivity contribution in [3.8, 4) is 0 Å². The molecule has 2 rings (SSSR count). The van der Waals surface area contributed by atoms with E-state index in [0.717, 1.165) is 21.5 Å². The number of halogens is 1. The van der Waals surface area contributed by atoms with Crippen molar-refractivity contribution < 1.29 is 9.53 Å². The minimum absolute atomic E-state index is 0.325. The van der Waals surface area contributed by atoms with Crippen LogP contribution in [-0.4, -0.2) is 21.7 Å². The zero-order chi connectivity index (χ0) is 17.0. The maximum atomic E-state index is 12.6. The molecule has 6 heteroatoms. The van der Waals surface area contributed by atoms with Gasteiger partial charge in [-0.15, -0.1) is 0 Å². The largest absolute Gasteiger partial charge is 0.443 e. The van der Waals surface area contributed by atoms with E-state index in [-0.39, 0.29) is 0 Å². The molecule has 2 heterocycles. The molecule has 0 fully saturated rings. The van der Waals surface area contributed by atoms with Crippen molar-refractivity contribution in [1.82, 2.24) is 9.97 Å². The van der Waals surface area contributed by atoms with Crippen molar-refractivity contribution >= 4 is 27.7 Å². The van der Waals surface area contributed by atoms with Crippen molar-refractivity contribution in [3.63, 3.8) is 0 Å². The van der Waals surface area contributed by atoms with Crippen LogP contribution in [0.15, 0.2) is 41.1 Å². The van der Waals surface area contributed by atoms with Gasteiger partial charge in [0.15, 0.2) is 0 Å². The number of carbonyl (C=O) groups is 1. The second-order valence-corrected chi connectivity index (χ2v) is 7.11. The number of aryl methyl sites for hydroxylation is 1. The van der Waals surface area contributed by atoms with Gasteiger partial charge < -0.3 is 4.74 Å². The summed E-state index contributed by atoms with van der Waals surface area (Å²) in [4.78, 5) is 22.7. The second-order valence-electron chi connectivity index (χ2n) is 6.19. The van der Waals surface area contributed by atoms with Gasteiger partial charge in [-0.1, -0.05) is 0 Å². The van der Waals surface area contributed by atoms with Gasteiger partial charge in [0, 0.05) is 22.6 Å². The molecule has 0 N–H and O–H groups in total. The molecule has 2 aromatic rings. The molecule has 0 saturated heterocycles. The third-order valence-corrected chi connectivity index (χ3v) is 3.38. The lowest BCUT2D eigenvalue weighted by molar-refractivity contribution is 0.0577. The second kappa shape index (κ2) is 7.08. The Morgan fingerprint density at radius 1 is 1.26 bits per heavy atom. The number of anilines is 1. The van der Waals surface area contributed by atoms with E-state index < -0.39 is 11.7 Å². The smallest absolute Gasteiger partial charge is 0.415 e. The van der Waals surface area contributed by atoms with Gasteiger partial charge >= 0.3 is 6.09 Å². The molecule has 2 aromatic heterocycles. The number of carbonyl (C=O) groups excluding carboxylic acids is 1. The summed E-state index contributed by atoms with van der Waals surface area (Å²) in [6.07, 6.45) is 2.98. The predicted octanol–water partition coefficient (Wildman–Crippen LogP) is 4.49. The molecule has 23 heavy (non-hydrogen) atoms. The number of hydrogen-bond acceptors (Lipinski definition) is 4. The quantitative estimate of drug-likeness (QED) is 0.790. The maximum Gasteiger partial charge on any atom is 0.415 e. The van der Waals surface area contributed by atoms with Gasteiger partial charge in [-0.25, -0.2) is 4.79 Å². The number of nitrogens with zero attached hydrogens (tertiary/aromatic N) is 3. The number of rotatable bonds is 3. The van der Waals surface area contributed by atoms with Crippen molar-refractivity contribution in [2.75, 3.05) is 4.90 Å². The molecule has 0 aliphatic carbocycles. The lowest BCUT2D eigenvalue weighted by Crippen LogP contribution is -2.36. The van der Waals surface area contributed by atoms with Crippen molar-refractivity contribution in [3.05, 3.63) is 52.5 Å². The van der Waals surface area contributed by atoms with E-state index in [1.807, 2.05) is 45.9 Å². The van der Waals surface area contributed by atoms with Crippen molar-refractivity contribution in [2.45, 2.75) is 39.8 Å². The zero-order valence-corrected chi connectivity index (χ0v) is 15.3. The molecule has 0 saturated carbocycles. The Bertz CT molecular complexity index is 681. The molecule has 122 valence electrons. The summed E-state index contributed by atoms with van der Waals surface area (Å²) in [5.41, 5.74) is 1.77. The van der Waals surface area contributed by atoms with Crippen LogP contribution >= 0.6 is 15.9 Å². The van der Waals surface area contributed by atoms with E-state index in [4.69, 9.17) is 4.74 Å². The average molecular weight is 378 g/mol. The van der Waals surface area contributed by atoms with E-state index in [1.54, 1.807) is 23.4 Å². The first-order valence-corrected chi connectivity index (χ1v) is 8.07. The van der Waals surface area contributed by atoms with Crippen LogP contribution in [0.4, 0.5) is 10.5 Å². The zero-order valence-electron chi connectivity index (χ0n) is 13.7. The Kier molecular flexibility index (Phi) is 5.36. The van der Waals surface area contributed by atoms with E-state index in [0.29, 0.717) is 6.54 Å². The molecule has 5 nitrogen and oxygen atoms in total. The molecule has 0 atom stereocenters. The summed E-state index contributed by atoms with van der Waals surface area (Å²) in [6, 6.07) is 7.40. The minimum Gasteiger partial charge on any atom is -0.443 e. The van der Waals surface area contributed by atoms with Gasteiger partial charge in [0.05, 0.1) is 17.9 Å². The molecule has 0 radical (unpaired) electrons. The maximum absolute atomic E-state index is 12.6. The fraction of sp³-hybridized carbons (Fsp3) is 0.353. The van der Waals surface area contributed by atoms with Gasteiger partial charge in [-0.2, -0.15) is 0 Å². The Morgan fingerprint density at radius 2 is 2.00 bits per heavy atom. The number of pyridine rings is 2. The highest BCUT2D eigenvalue weighted by Gasteiger charge is 2.24. The normalized spacial score (nSPS) is 11.2. The highest BCUT2D eigenvalue weighted by molar-refractivity contribution is 9.10. The molecule has 0 spiro atoms. The predicted molar refractivity (Wildman–Crippen MR) is 93.3 cm³/mol. The summed E-state index contributed by atoms with van der Waals surface area (Å²) in [7, 11) is 0. The van der Waals surface area contributed by atoms with E-state index >= 15 is 0 Å². The Morgan fingerprint density at radius 3 is 2.57 bits per heavy atom. The molecule has 0 unspecified atom stereocenters. The highest BCUT2D eigenvalue weighted by Crippen LogP contribution is 2.21. The van der Waals surface area contributed by atoms with E-state index in [1.165, 1.54) is 0 Å². The minimum atomic E-state index is -0.565. The summed E-state index contributed by atoms with van der Waals surface area (Å²) in [5, 5.41) is 0. The topological polar surface area (TPSA) is 55.3 Å². The van der Waals surface area contributed by atoms with Crippen LogP contribution in [-0.2, 0) is 11.3 Å². The first kappa shape index (κ1) is 17.4. The summed E-state index contributed by atoms with van der Waals surface area (Å²) >= 11 is 3.36. The first-order chi connectivity index (χ1) is 10.7. The molecule has 0 aromatic carbocycles. The molecular formula is C17H20BrN3O2. The number of aromatic nitrogens is 2. The lowest BCUT2D eigenvalue weighted by Gasteiger charge is -2.27. The van der Waals surface area contributed by atoms with Crippen LogP contribution in [0.25, 0.3) is 0 Å². The Balaban J connectivity index is 2.30.